The quantitative estimate of drug-likeness (QED) is 0.684. The number of anilines is 1. The van der Waals surface area contributed by atoms with Crippen LogP contribution in [0, 0.1) is 13.8 Å². The molecule has 0 radical (unpaired) electrons. The van der Waals surface area contributed by atoms with Crippen LogP contribution in [0.5, 0.6) is 5.88 Å². The zero-order chi connectivity index (χ0) is 20.0. The van der Waals surface area contributed by atoms with E-state index < -0.39 is 10.0 Å². The maximum absolute atomic E-state index is 12.1. The van der Waals surface area contributed by atoms with Crippen LogP contribution < -0.4 is 14.4 Å². The summed E-state index contributed by atoms with van der Waals surface area (Å²) in [6, 6.07) is 9.44. The van der Waals surface area contributed by atoms with Crippen LogP contribution in [0.15, 0.2) is 35.7 Å². The minimum absolute atomic E-state index is 0.155. The van der Waals surface area contributed by atoms with Crippen molar-refractivity contribution >= 4 is 21.9 Å². The average Bonchev–Trinajstić information content (AvgIpc) is 3.19. The summed E-state index contributed by atoms with van der Waals surface area (Å²) >= 11 is 0. The van der Waals surface area contributed by atoms with E-state index in [2.05, 4.69) is 19.6 Å². The lowest BCUT2D eigenvalue weighted by Gasteiger charge is -2.17. The van der Waals surface area contributed by atoms with Gasteiger partial charge in [0, 0.05) is 31.1 Å². The number of nitrogens with one attached hydrogen (secondary N) is 1. The number of hydrogen-bond donors (Lipinski definition) is 1. The maximum atomic E-state index is 12.1. The lowest BCUT2D eigenvalue weighted by molar-refractivity contribution is 0.309. The van der Waals surface area contributed by atoms with Crippen molar-refractivity contribution in [1.29, 1.82) is 0 Å². The number of ether oxygens (including phenoxy) is 1. The number of aromatic nitrogens is 2. The number of aryl methyl sites for hydroxylation is 2. The average molecular weight is 403 g/mol. The molecule has 0 atom stereocenters. The van der Waals surface area contributed by atoms with E-state index in [4.69, 9.17) is 4.74 Å². The molecule has 150 valence electrons. The van der Waals surface area contributed by atoms with Gasteiger partial charge in [0.05, 0.1) is 0 Å². The summed E-state index contributed by atoms with van der Waals surface area (Å²) in [5.74, 6) is 1.96. The molecule has 2 aromatic rings. The van der Waals surface area contributed by atoms with Gasteiger partial charge in [-0.05, 0) is 38.3 Å². The monoisotopic (exact) mass is 402 g/mol. The number of nitrogens with zero attached hydrogens (tertiary/aromatic N) is 3. The van der Waals surface area contributed by atoms with Crippen LogP contribution in [0.2, 0.25) is 0 Å². The van der Waals surface area contributed by atoms with Crippen molar-refractivity contribution in [2.45, 2.75) is 26.7 Å². The van der Waals surface area contributed by atoms with Crippen LogP contribution in [-0.4, -0.2) is 44.6 Å². The van der Waals surface area contributed by atoms with Crippen molar-refractivity contribution < 1.29 is 13.2 Å². The Balaban J connectivity index is 1.50. The van der Waals surface area contributed by atoms with Gasteiger partial charge < -0.3 is 9.64 Å². The first-order valence-corrected chi connectivity index (χ1v) is 10.9. The molecule has 0 saturated carbocycles. The molecular formula is C20H26N4O3S. The van der Waals surface area contributed by atoms with Gasteiger partial charge in [0.15, 0.2) is 0 Å². The van der Waals surface area contributed by atoms with Gasteiger partial charge in [-0.3, -0.25) is 0 Å². The fourth-order valence-electron chi connectivity index (χ4n) is 2.94. The number of benzene rings is 1. The van der Waals surface area contributed by atoms with Crippen LogP contribution in [0.1, 0.15) is 29.8 Å². The molecule has 0 spiro atoms. The fourth-order valence-corrected chi connectivity index (χ4v) is 3.74. The van der Waals surface area contributed by atoms with Gasteiger partial charge in [0.1, 0.15) is 18.2 Å². The van der Waals surface area contributed by atoms with Crippen molar-refractivity contribution in [3.8, 4) is 5.88 Å². The first-order chi connectivity index (χ1) is 13.4. The van der Waals surface area contributed by atoms with Crippen molar-refractivity contribution in [1.82, 2.24) is 14.7 Å². The molecule has 1 aliphatic heterocycles. The summed E-state index contributed by atoms with van der Waals surface area (Å²) in [4.78, 5) is 10.9. The summed E-state index contributed by atoms with van der Waals surface area (Å²) in [6.45, 7) is 6.13. The summed E-state index contributed by atoms with van der Waals surface area (Å²) in [7, 11) is -3.53. The van der Waals surface area contributed by atoms with E-state index in [1.54, 1.807) is 6.08 Å². The lowest BCUT2D eigenvalue weighted by Crippen LogP contribution is -2.26. The van der Waals surface area contributed by atoms with E-state index in [0.717, 1.165) is 48.3 Å². The van der Waals surface area contributed by atoms with E-state index in [-0.39, 0.29) is 13.2 Å². The lowest BCUT2D eigenvalue weighted by atomic mass is 10.2. The summed E-state index contributed by atoms with van der Waals surface area (Å²) in [6.07, 6.45) is 3.90. The predicted octanol–water partition coefficient (Wildman–Crippen LogP) is 2.66. The molecular weight excluding hydrogens is 376 g/mol. The highest BCUT2D eigenvalue weighted by molar-refractivity contribution is 7.92. The van der Waals surface area contributed by atoms with Crippen LogP contribution >= 0.6 is 0 Å². The second kappa shape index (κ2) is 9.16. The normalized spacial score (nSPS) is 14.7. The molecule has 2 heterocycles. The van der Waals surface area contributed by atoms with Crippen LogP contribution in [-0.2, 0) is 10.0 Å². The highest BCUT2D eigenvalue weighted by atomic mass is 32.2. The molecule has 0 bridgehead atoms. The number of sulfonamides is 1. The molecule has 1 aromatic carbocycles. The van der Waals surface area contributed by atoms with Gasteiger partial charge in [0.2, 0.25) is 15.9 Å². The second-order valence-electron chi connectivity index (χ2n) is 6.81. The van der Waals surface area contributed by atoms with Crippen molar-refractivity contribution in [3.05, 3.63) is 52.7 Å². The van der Waals surface area contributed by atoms with Gasteiger partial charge in [0.25, 0.3) is 0 Å². The van der Waals surface area contributed by atoms with E-state index in [1.807, 2.05) is 44.2 Å². The zero-order valence-electron chi connectivity index (χ0n) is 16.3. The van der Waals surface area contributed by atoms with E-state index in [9.17, 15) is 8.42 Å². The molecule has 3 rings (SSSR count). The topological polar surface area (TPSA) is 84.4 Å². The Hall–Kier alpha value is -2.45. The van der Waals surface area contributed by atoms with Crippen molar-refractivity contribution in [2.75, 3.05) is 31.1 Å². The van der Waals surface area contributed by atoms with Gasteiger partial charge in [-0.2, -0.15) is 4.98 Å². The Bertz CT molecular complexity index is 921. The van der Waals surface area contributed by atoms with E-state index in [1.165, 1.54) is 0 Å². The first kappa shape index (κ1) is 20.3. The van der Waals surface area contributed by atoms with Gasteiger partial charge in [-0.15, -0.1) is 0 Å². The van der Waals surface area contributed by atoms with Crippen LogP contribution in [0.3, 0.4) is 0 Å². The third-order valence-corrected chi connectivity index (χ3v) is 5.50. The van der Waals surface area contributed by atoms with Gasteiger partial charge in [-0.25, -0.2) is 18.1 Å². The number of rotatable bonds is 8. The molecule has 8 heteroatoms. The molecule has 1 N–H and O–H groups in total. The highest BCUT2D eigenvalue weighted by Crippen LogP contribution is 2.21. The van der Waals surface area contributed by atoms with Crippen LogP contribution in [0.4, 0.5) is 5.82 Å². The molecule has 1 aromatic heterocycles. The van der Waals surface area contributed by atoms with Crippen molar-refractivity contribution in [3.63, 3.8) is 0 Å². The third kappa shape index (κ3) is 6.03. The molecule has 1 fully saturated rings. The van der Waals surface area contributed by atoms with E-state index >= 15 is 0 Å². The summed E-state index contributed by atoms with van der Waals surface area (Å²) in [5, 5.41) is 1.16. The largest absolute Gasteiger partial charge is 0.476 e. The summed E-state index contributed by atoms with van der Waals surface area (Å²) < 4.78 is 32.3. The molecule has 0 aliphatic carbocycles. The standard InChI is InChI=1S/C20H26N4O3S/c1-16-5-7-18(8-6-16)9-14-28(25,26)21-10-13-27-20-15-19(22-17(2)23-20)24-11-3-4-12-24/h5-9,14-15,21H,3-4,10-13H2,1-2H3/b14-9+. The molecule has 7 nitrogen and oxygen atoms in total. The fraction of sp³-hybridized carbons (Fsp3) is 0.400. The Morgan fingerprint density at radius 3 is 2.57 bits per heavy atom. The SMILES string of the molecule is Cc1ccc(/C=C/S(=O)(=O)NCCOc2cc(N3CCCC3)nc(C)n2)cc1. The second-order valence-corrected chi connectivity index (χ2v) is 8.46. The Morgan fingerprint density at radius 1 is 1.14 bits per heavy atom. The highest BCUT2D eigenvalue weighted by Gasteiger charge is 2.15. The zero-order valence-corrected chi connectivity index (χ0v) is 17.1. The summed E-state index contributed by atoms with van der Waals surface area (Å²) in [5.41, 5.74) is 1.96. The Labute approximate surface area is 166 Å². The van der Waals surface area contributed by atoms with Gasteiger partial charge >= 0.3 is 0 Å². The smallest absolute Gasteiger partial charge is 0.233 e. The molecule has 0 unspecified atom stereocenters. The maximum Gasteiger partial charge on any atom is 0.233 e. The third-order valence-electron chi connectivity index (χ3n) is 4.40. The molecule has 1 saturated heterocycles. The minimum atomic E-state index is -3.53. The molecule has 28 heavy (non-hydrogen) atoms. The van der Waals surface area contributed by atoms with E-state index in [0.29, 0.717) is 11.7 Å². The Kier molecular flexibility index (Phi) is 6.64. The minimum Gasteiger partial charge on any atom is -0.476 e. The molecule has 0 amide bonds. The Morgan fingerprint density at radius 2 is 1.86 bits per heavy atom. The van der Waals surface area contributed by atoms with Crippen molar-refractivity contribution in [2.24, 2.45) is 0 Å². The first-order valence-electron chi connectivity index (χ1n) is 9.39. The molecule has 1 aliphatic rings. The van der Waals surface area contributed by atoms with Gasteiger partial charge in [-0.1, -0.05) is 29.8 Å². The van der Waals surface area contributed by atoms with Crippen LogP contribution in [0.25, 0.3) is 6.08 Å². The predicted molar refractivity (Wildman–Crippen MR) is 111 cm³/mol. The number of hydrogen-bond acceptors (Lipinski definition) is 6.